The van der Waals surface area contributed by atoms with Crippen LogP contribution in [-0.4, -0.2) is 21.8 Å². The summed E-state index contributed by atoms with van der Waals surface area (Å²) in [6, 6.07) is 5.80. The number of hydrogen-bond acceptors (Lipinski definition) is 3. The molecule has 0 aliphatic carbocycles. The molecule has 0 radical (unpaired) electrons. The highest BCUT2D eigenvalue weighted by Crippen LogP contribution is 2.32. The molecule has 0 amide bonds. The monoisotopic (exact) mass is 347 g/mol. The Hall–Kier alpha value is -1.66. The summed E-state index contributed by atoms with van der Waals surface area (Å²) in [5, 5.41) is 8.95. The lowest BCUT2D eigenvalue weighted by Gasteiger charge is -2.21. The molecule has 108 valence electrons. The quantitative estimate of drug-likeness (QED) is 0.708. The van der Waals surface area contributed by atoms with E-state index in [2.05, 4.69) is 31.1 Å². The van der Waals surface area contributed by atoms with E-state index in [9.17, 15) is 4.79 Å². The van der Waals surface area contributed by atoms with Crippen LogP contribution in [0.1, 0.15) is 31.1 Å². The van der Waals surface area contributed by atoms with Crippen LogP contribution in [-0.2, 0) is 4.74 Å². The molecule has 0 spiro atoms. The van der Waals surface area contributed by atoms with Gasteiger partial charge in [0.2, 0.25) is 0 Å². The van der Waals surface area contributed by atoms with Crippen molar-refractivity contribution in [3.8, 4) is 0 Å². The Labute approximate surface area is 128 Å². The van der Waals surface area contributed by atoms with Gasteiger partial charge in [-0.3, -0.25) is 9.89 Å². The topological polar surface area (TPSA) is 70.8 Å². The molecule has 2 N–H and O–H groups in total. The van der Waals surface area contributed by atoms with E-state index in [0.29, 0.717) is 10.9 Å². The highest BCUT2D eigenvalue weighted by molar-refractivity contribution is 9.10. The lowest BCUT2D eigenvalue weighted by Crippen LogP contribution is -2.15. The van der Waals surface area contributed by atoms with E-state index in [1.807, 2.05) is 18.2 Å². The normalized spacial score (nSPS) is 19.4. The van der Waals surface area contributed by atoms with Crippen LogP contribution in [0.2, 0.25) is 0 Å². The molecule has 0 saturated carbocycles. The maximum absolute atomic E-state index is 12.4. The second-order valence-corrected chi connectivity index (χ2v) is 6.28. The van der Waals surface area contributed by atoms with Crippen molar-refractivity contribution >= 4 is 37.7 Å². The Morgan fingerprint density at radius 3 is 3.05 bits per heavy atom. The number of aromatic nitrogens is 3. The van der Waals surface area contributed by atoms with E-state index in [1.54, 1.807) is 0 Å². The van der Waals surface area contributed by atoms with E-state index in [0.717, 1.165) is 46.9 Å². The molecule has 4 rings (SSSR count). The number of fused-ring (bicyclic) bond motifs is 3. The lowest BCUT2D eigenvalue weighted by molar-refractivity contribution is 0.0131. The minimum Gasteiger partial charge on any atom is -0.372 e. The van der Waals surface area contributed by atoms with Gasteiger partial charge >= 0.3 is 0 Å². The van der Waals surface area contributed by atoms with E-state index in [1.165, 1.54) is 0 Å². The number of H-pyrrole nitrogens is 2. The number of hydrogen-bond donors (Lipinski definition) is 2. The molecule has 1 aliphatic rings. The van der Waals surface area contributed by atoms with Crippen molar-refractivity contribution in [3.63, 3.8) is 0 Å². The number of nitrogens with one attached hydrogen (secondary N) is 2. The molecule has 1 saturated heterocycles. The molecule has 2 aromatic heterocycles. The summed E-state index contributed by atoms with van der Waals surface area (Å²) in [4.78, 5) is 15.4. The van der Waals surface area contributed by atoms with Crippen LogP contribution in [0.15, 0.2) is 27.5 Å². The summed E-state index contributed by atoms with van der Waals surface area (Å²) in [5.74, 6) is 0. The Kier molecular flexibility index (Phi) is 3.08. The van der Waals surface area contributed by atoms with Crippen LogP contribution >= 0.6 is 15.9 Å². The average molecular weight is 348 g/mol. The van der Waals surface area contributed by atoms with Gasteiger partial charge in [-0.15, -0.1) is 0 Å². The summed E-state index contributed by atoms with van der Waals surface area (Å²) in [6.07, 6.45) is 3.06. The third-order valence-electron chi connectivity index (χ3n) is 4.01. The standard InChI is InChI=1S/C15H14BrN3O2/c16-8-4-5-9-10(7-8)17-15(20)12-13(9)18-19-14(12)11-3-1-2-6-21-11/h4-5,7,11H,1-3,6H2,(H,17,20)(H,18,19). The number of rotatable bonds is 1. The summed E-state index contributed by atoms with van der Waals surface area (Å²) < 4.78 is 6.71. The lowest BCUT2D eigenvalue weighted by atomic mass is 10.0. The molecule has 1 aliphatic heterocycles. The molecule has 3 heterocycles. The summed E-state index contributed by atoms with van der Waals surface area (Å²) >= 11 is 3.42. The van der Waals surface area contributed by atoms with Gasteiger partial charge in [0.1, 0.15) is 5.52 Å². The zero-order valence-electron chi connectivity index (χ0n) is 11.3. The van der Waals surface area contributed by atoms with Crippen molar-refractivity contribution in [1.82, 2.24) is 15.2 Å². The van der Waals surface area contributed by atoms with Gasteiger partial charge < -0.3 is 9.72 Å². The number of ether oxygens (including phenoxy) is 1. The smallest absolute Gasteiger partial charge is 0.259 e. The van der Waals surface area contributed by atoms with Gasteiger partial charge in [-0.25, -0.2) is 0 Å². The fourth-order valence-corrected chi connectivity index (χ4v) is 3.35. The summed E-state index contributed by atoms with van der Waals surface area (Å²) in [6.45, 7) is 0.740. The summed E-state index contributed by atoms with van der Waals surface area (Å²) in [5.41, 5.74) is 2.18. The van der Waals surface area contributed by atoms with Crippen molar-refractivity contribution in [3.05, 3.63) is 38.7 Å². The SMILES string of the molecule is O=c1[nH]c2cc(Br)ccc2c2n[nH]c(C3CCCCO3)c12. The molecule has 1 fully saturated rings. The van der Waals surface area contributed by atoms with Gasteiger partial charge in [-0.1, -0.05) is 15.9 Å². The van der Waals surface area contributed by atoms with Gasteiger partial charge in [0, 0.05) is 16.5 Å². The van der Waals surface area contributed by atoms with Crippen molar-refractivity contribution in [2.75, 3.05) is 6.61 Å². The number of aromatic amines is 2. The Balaban J connectivity index is 1.99. The first kappa shape index (κ1) is 13.0. The van der Waals surface area contributed by atoms with Crippen molar-refractivity contribution in [2.24, 2.45) is 0 Å². The van der Waals surface area contributed by atoms with Gasteiger partial charge in [0.15, 0.2) is 0 Å². The number of benzene rings is 1. The second-order valence-electron chi connectivity index (χ2n) is 5.36. The van der Waals surface area contributed by atoms with Crippen LogP contribution in [0.5, 0.6) is 0 Å². The average Bonchev–Trinajstić information content (AvgIpc) is 2.93. The highest BCUT2D eigenvalue weighted by Gasteiger charge is 2.23. The van der Waals surface area contributed by atoms with Crippen molar-refractivity contribution in [1.29, 1.82) is 0 Å². The van der Waals surface area contributed by atoms with Crippen molar-refractivity contribution < 1.29 is 4.74 Å². The first-order chi connectivity index (χ1) is 10.2. The predicted molar refractivity (Wildman–Crippen MR) is 84.5 cm³/mol. The molecule has 3 aromatic rings. The third-order valence-corrected chi connectivity index (χ3v) is 4.50. The number of halogens is 1. The maximum Gasteiger partial charge on any atom is 0.259 e. The predicted octanol–water partition coefficient (Wildman–Crippen LogP) is 3.41. The molecule has 1 unspecified atom stereocenters. The molecule has 0 bridgehead atoms. The third kappa shape index (κ3) is 2.10. The van der Waals surface area contributed by atoms with Gasteiger partial charge in [-0.05, 0) is 37.5 Å². The minimum absolute atomic E-state index is 0.0576. The molecule has 6 heteroatoms. The zero-order valence-corrected chi connectivity index (χ0v) is 12.9. The number of nitrogens with zero attached hydrogens (tertiary/aromatic N) is 1. The fourth-order valence-electron chi connectivity index (χ4n) is 2.99. The molecular formula is C15H14BrN3O2. The Morgan fingerprint density at radius 2 is 2.24 bits per heavy atom. The molecule has 5 nitrogen and oxygen atoms in total. The first-order valence-electron chi connectivity index (χ1n) is 7.05. The first-order valence-corrected chi connectivity index (χ1v) is 7.84. The van der Waals surface area contributed by atoms with Crippen LogP contribution in [0, 0.1) is 0 Å². The second kappa shape index (κ2) is 4.96. The minimum atomic E-state index is -0.117. The largest absolute Gasteiger partial charge is 0.372 e. The van der Waals surface area contributed by atoms with E-state index < -0.39 is 0 Å². The summed E-state index contributed by atoms with van der Waals surface area (Å²) in [7, 11) is 0. The van der Waals surface area contributed by atoms with E-state index in [-0.39, 0.29) is 11.7 Å². The fraction of sp³-hybridized carbons (Fsp3) is 0.333. The van der Waals surface area contributed by atoms with Crippen LogP contribution in [0.3, 0.4) is 0 Å². The molecular weight excluding hydrogens is 334 g/mol. The maximum atomic E-state index is 12.4. The zero-order chi connectivity index (χ0) is 14.4. The van der Waals surface area contributed by atoms with Gasteiger partial charge in [0.05, 0.1) is 22.7 Å². The number of pyridine rings is 1. The van der Waals surface area contributed by atoms with E-state index >= 15 is 0 Å². The van der Waals surface area contributed by atoms with Gasteiger partial charge in [0.25, 0.3) is 5.56 Å². The van der Waals surface area contributed by atoms with Gasteiger partial charge in [-0.2, -0.15) is 5.10 Å². The van der Waals surface area contributed by atoms with Crippen LogP contribution < -0.4 is 5.56 Å². The molecule has 1 aromatic carbocycles. The Morgan fingerprint density at radius 1 is 1.33 bits per heavy atom. The van der Waals surface area contributed by atoms with E-state index in [4.69, 9.17) is 4.74 Å². The van der Waals surface area contributed by atoms with Crippen LogP contribution in [0.25, 0.3) is 21.8 Å². The Bertz CT molecular complexity index is 878. The highest BCUT2D eigenvalue weighted by atomic mass is 79.9. The molecule has 21 heavy (non-hydrogen) atoms. The van der Waals surface area contributed by atoms with Crippen LogP contribution in [0.4, 0.5) is 0 Å². The van der Waals surface area contributed by atoms with Crippen molar-refractivity contribution in [2.45, 2.75) is 25.4 Å². The molecule has 1 atom stereocenters.